The van der Waals surface area contributed by atoms with E-state index in [4.69, 9.17) is 5.84 Å². The van der Waals surface area contributed by atoms with E-state index in [0.717, 1.165) is 25.8 Å². The molecule has 1 fully saturated rings. The molecule has 1 unspecified atom stereocenters. The summed E-state index contributed by atoms with van der Waals surface area (Å²) in [5.74, 6) is 6.18. The second kappa shape index (κ2) is 7.86. The summed E-state index contributed by atoms with van der Waals surface area (Å²) in [5, 5.41) is 8.37. The first-order chi connectivity index (χ1) is 12.1. The summed E-state index contributed by atoms with van der Waals surface area (Å²) < 4.78 is 15.1. The molecule has 1 aliphatic heterocycles. The molecule has 0 bridgehead atoms. The van der Waals surface area contributed by atoms with Crippen LogP contribution < -0.4 is 5.84 Å². The van der Waals surface area contributed by atoms with Crippen LogP contribution in [0.5, 0.6) is 0 Å². The molecule has 1 aliphatic rings. The van der Waals surface area contributed by atoms with Crippen LogP contribution in [0.1, 0.15) is 32.6 Å². The Morgan fingerprint density at radius 3 is 2.92 bits per heavy atom. The first-order valence-electron chi connectivity index (χ1n) is 8.49. The fraction of sp³-hybridized carbons (Fsp3) is 0.471. The van der Waals surface area contributed by atoms with Crippen molar-refractivity contribution in [2.45, 2.75) is 43.8 Å². The lowest BCUT2D eigenvalue weighted by molar-refractivity contribution is -0.132. The molecule has 0 spiro atoms. The number of nitrogens with zero attached hydrogens (tertiary/aromatic N) is 4. The fourth-order valence-electron chi connectivity index (χ4n) is 3.16. The SMILES string of the molecule is CCC1CCCCN1C(=O)CSc1nnc(-c2ccccc2F)n1N. The topological polar surface area (TPSA) is 77.0 Å². The third-order valence-electron chi connectivity index (χ3n) is 4.52. The van der Waals surface area contributed by atoms with E-state index in [2.05, 4.69) is 17.1 Å². The lowest BCUT2D eigenvalue weighted by atomic mass is 10.0. The second-order valence-electron chi connectivity index (χ2n) is 6.09. The number of hydrogen-bond donors (Lipinski definition) is 1. The first kappa shape index (κ1) is 17.7. The van der Waals surface area contributed by atoms with E-state index < -0.39 is 5.82 Å². The summed E-state index contributed by atoms with van der Waals surface area (Å²) in [4.78, 5) is 14.5. The van der Waals surface area contributed by atoms with Gasteiger partial charge in [0.25, 0.3) is 0 Å². The van der Waals surface area contributed by atoms with Crippen LogP contribution in [0.4, 0.5) is 4.39 Å². The molecule has 8 heteroatoms. The molecule has 2 aromatic rings. The van der Waals surface area contributed by atoms with Gasteiger partial charge in [0.1, 0.15) is 5.82 Å². The smallest absolute Gasteiger partial charge is 0.233 e. The fourth-order valence-corrected chi connectivity index (χ4v) is 3.91. The number of nitrogen functional groups attached to an aromatic ring is 1. The highest BCUT2D eigenvalue weighted by Crippen LogP contribution is 2.25. The van der Waals surface area contributed by atoms with Crippen LogP contribution in [0.3, 0.4) is 0 Å². The highest BCUT2D eigenvalue weighted by atomic mass is 32.2. The third-order valence-corrected chi connectivity index (χ3v) is 5.45. The number of likely N-dealkylation sites (tertiary alicyclic amines) is 1. The van der Waals surface area contributed by atoms with Gasteiger partial charge in [-0.2, -0.15) is 0 Å². The van der Waals surface area contributed by atoms with Crippen molar-refractivity contribution < 1.29 is 9.18 Å². The van der Waals surface area contributed by atoms with Crippen LogP contribution >= 0.6 is 11.8 Å². The van der Waals surface area contributed by atoms with E-state index in [9.17, 15) is 9.18 Å². The molecule has 3 rings (SSSR count). The molecule has 1 aromatic heterocycles. The summed E-state index contributed by atoms with van der Waals surface area (Å²) in [6, 6.07) is 6.59. The van der Waals surface area contributed by atoms with Crippen molar-refractivity contribution in [3.8, 4) is 11.4 Å². The molecule has 134 valence electrons. The van der Waals surface area contributed by atoms with Gasteiger partial charge >= 0.3 is 0 Å². The Kier molecular flexibility index (Phi) is 5.57. The quantitative estimate of drug-likeness (QED) is 0.653. The summed E-state index contributed by atoms with van der Waals surface area (Å²) in [6.45, 7) is 2.92. The van der Waals surface area contributed by atoms with Gasteiger partial charge in [0, 0.05) is 12.6 Å². The Hall–Kier alpha value is -2.09. The van der Waals surface area contributed by atoms with Gasteiger partial charge in [-0.05, 0) is 37.8 Å². The summed E-state index contributed by atoms with van der Waals surface area (Å²) in [6.07, 6.45) is 4.27. The Balaban J connectivity index is 1.68. The number of benzene rings is 1. The van der Waals surface area contributed by atoms with E-state index >= 15 is 0 Å². The zero-order valence-electron chi connectivity index (χ0n) is 14.2. The predicted octanol–water partition coefficient (Wildman–Crippen LogP) is 2.68. The molecule has 1 atom stereocenters. The summed E-state index contributed by atoms with van der Waals surface area (Å²) >= 11 is 1.23. The summed E-state index contributed by atoms with van der Waals surface area (Å²) in [5.41, 5.74) is 0.290. The highest BCUT2D eigenvalue weighted by molar-refractivity contribution is 7.99. The molecular weight excluding hydrogens is 341 g/mol. The average molecular weight is 363 g/mol. The van der Waals surface area contributed by atoms with Crippen LogP contribution in [-0.2, 0) is 4.79 Å². The van der Waals surface area contributed by atoms with Crippen LogP contribution in [0.25, 0.3) is 11.4 Å². The number of piperidine rings is 1. The molecule has 1 aromatic carbocycles. The van der Waals surface area contributed by atoms with Crippen LogP contribution in [-0.4, -0.2) is 44.0 Å². The molecular formula is C17H22FN5OS. The van der Waals surface area contributed by atoms with Crippen LogP contribution in [0, 0.1) is 5.82 Å². The van der Waals surface area contributed by atoms with Gasteiger partial charge < -0.3 is 10.7 Å². The molecule has 0 aliphatic carbocycles. The predicted molar refractivity (Wildman–Crippen MR) is 95.9 cm³/mol. The maximum atomic E-state index is 13.9. The number of carbonyl (C=O) groups is 1. The minimum Gasteiger partial charge on any atom is -0.339 e. The zero-order valence-corrected chi connectivity index (χ0v) is 15.0. The molecule has 0 saturated carbocycles. The normalized spacial score (nSPS) is 17.7. The Morgan fingerprint density at radius 2 is 2.16 bits per heavy atom. The zero-order chi connectivity index (χ0) is 17.8. The molecule has 6 nitrogen and oxygen atoms in total. The molecule has 0 radical (unpaired) electrons. The minimum absolute atomic E-state index is 0.0898. The van der Waals surface area contributed by atoms with Crippen molar-refractivity contribution in [2.75, 3.05) is 18.1 Å². The average Bonchev–Trinajstić information content (AvgIpc) is 3.00. The lowest BCUT2D eigenvalue weighted by Crippen LogP contribution is -2.44. The summed E-state index contributed by atoms with van der Waals surface area (Å²) in [7, 11) is 0. The Morgan fingerprint density at radius 1 is 1.36 bits per heavy atom. The van der Waals surface area contributed by atoms with E-state index in [1.807, 2.05) is 4.90 Å². The number of nitrogens with two attached hydrogens (primary N) is 1. The number of aromatic nitrogens is 3. The number of carbonyl (C=O) groups excluding carboxylic acids is 1. The maximum Gasteiger partial charge on any atom is 0.233 e. The van der Waals surface area contributed by atoms with Gasteiger partial charge in [-0.15, -0.1) is 10.2 Å². The van der Waals surface area contributed by atoms with Crippen LogP contribution in [0.2, 0.25) is 0 Å². The van der Waals surface area contributed by atoms with Crippen molar-refractivity contribution >= 4 is 17.7 Å². The van der Waals surface area contributed by atoms with Gasteiger partial charge in [0.05, 0.1) is 11.3 Å². The molecule has 1 amide bonds. The molecule has 2 N–H and O–H groups in total. The largest absolute Gasteiger partial charge is 0.339 e. The van der Waals surface area contributed by atoms with Gasteiger partial charge in [-0.3, -0.25) is 4.79 Å². The second-order valence-corrected chi connectivity index (χ2v) is 7.03. The number of halogens is 1. The van der Waals surface area contributed by atoms with Gasteiger partial charge in [-0.1, -0.05) is 30.8 Å². The minimum atomic E-state index is -0.409. The molecule has 25 heavy (non-hydrogen) atoms. The lowest BCUT2D eigenvalue weighted by Gasteiger charge is -2.35. The molecule has 1 saturated heterocycles. The van der Waals surface area contributed by atoms with E-state index in [1.165, 1.54) is 28.9 Å². The van der Waals surface area contributed by atoms with E-state index in [0.29, 0.717) is 11.2 Å². The number of rotatable bonds is 5. The van der Waals surface area contributed by atoms with Crippen molar-refractivity contribution in [2.24, 2.45) is 0 Å². The third kappa shape index (κ3) is 3.78. The van der Waals surface area contributed by atoms with Gasteiger partial charge in [0.15, 0.2) is 5.82 Å². The highest BCUT2D eigenvalue weighted by Gasteiger charge is 2.26. The van der Waals surface area contributed by atoms with Gasteiger partial charge in [-0.25, -0.2) is 9.07 Å². The van der Waals surface area contributed by atoms with E-state index in [-0.39, 0.29) is 23.0 Å². The van der Waals surface area contributed by atoms with Crippen molar-refractivity contribution in [1.29, 1.82) is 0 Å². The van der Waals surface area contributed by atoms with Crippen LogP contribution in [0.15, 0.2) is 29.4 Å². The van der Waals surface area contributed by atoms with Gasteiger partial charge in [0.2, 0.25) is 11.1 Å². The van der Waals surface area contributed by atoms with E-state index in [1.54, 1.807) is 18.2 Å². The van der Waals surface area contributed by atoms with Crippen molar-refractivity contribution in [1.82, 2.24) is 19.8 Å². The number of amides is 1. The van der Waals surface area contributed by atoms with Crippen molar-refractivity contribution in [3.63, 3.8) is 0 Å². The monoisotopic (exact) mass is 363 g/mol. The number of hydrogen-bond acceptors (Lipinski definition) is 5. The standard InChI is InChI=1S/C17H22FN5OS/c1-2-12-7-5-6-10-22(12)15(24)11-25-17-21-20-16(23(17)19)13-8-3-4-9-14(13)18/h3-4,8-9,12H,2,5-7,10-11,19H2,1H3. The number of thioether (sulfide) groups is 1. The van der Waals surface area contributed by atoms with Crippen molar-refractivity contribution in [3.05, 3.63) is 30.1 Å². The maximum absolute atomic E-state index is 13.9. The Labute approximate surface area is 150 Å². The Bertz CT molecular complexity index is 750. The molecule has 2 heterocycles. The first-order valence-corrected chi connectivity index (χ1v) is 9.48.